The average molecular weight is 476 g/mol. The molecule has 1 atom stereocenters. The molecule has 0 bridgehead atoms. The molecule has 0 radical (unpaired) electrons. The van der Waals surface area contributed by atoms with Crippen LogP contribution in [0.15, 0.2) is 12.1 Å². The Bertz CT molecular complexity index is 951. The van der Waals surface area contributed by atoms with Gasteiger partial charge in [0.15, 0.2) is 0 Å². The number of anilines is 1. The Labute approximate surface area is 202 Å². The lowest BCUT2D eigenvalue weighted by Crippen LogP contribution is -2.36. The number of nitrogens with zero attached hydrogens (tertiary/aromatic N) is 2. The molecule has 2 aromatic rings. The zero-order valence-electron chi connectivity index (χ0n) is 20.7. The number of aromatic amines is 1. The van der Waals surface area contributed by atoms with Crippen molar-refractivity contribution in [3.63, 3.8) is 0 Å². The lowest BCUT2D eigenvalue weighted by atomic mass is 9.81. The molecule has 1 saturated carbocycles. The number of nitrogens with one attached hydrogen (secondary N) is 3. The standard InChI is InChI=1S/C25H38ClN5O2/c1-7-33-25-22(17(4)29-30-25)14-27-24(32)21-12-19(26)13-23(15(21)2)28-16(3)18-8-10-20(11-9-18)31(5)6/h12-13,16,18,20,28H,7-11,14H2,1-6H3,(H,27,32)(H,29,30). The molecule has 3 rings (SSSR count). The molecule has 0 spiro atoms. The zero-order valence-corrected chi connectivity index (χ0v) is 21.5. The predicted octanol–water partition coefficient (Wildman–Crippen LogP) is 4.93. The molecule has 1 heterocycles. The lowest BCUT2D eigenvalue weighted by molar-refractivity contribution is 0.0950. The highest BCUT2D eigenvalue weighted by Crippen LogP contribution is 2.32. The number of carbonyl (C=O) groups is 1. The third kappa shape index (κ3) is 6.21. The van der Waals surface area contributed by atoms with E-state index in [2.05, 4.69) is 46.7 Å². The molecular formula is C25H38ClN5O2. The monoisotopic (exact) mass is 475 g/mol. The van der Waals surface area contributed by atoms with Crippen molar-refractivity contribution in [1.82, 2.24) is 20.4 Å². The highest BCUT2D eigenvalue weighted by molar-refractivity contribution is 6.31. The van der Waals surface area contributed by atoms with Gasteiger partial charge in [0.05, 0.1) is 18.7 Å². The number of H-pyrrole nitrogens is 1. The summed E-state index contributed by atoms with van der Waals surface area (Å²) >= 11 is 6.42. The molecule has 1 unspecified atom stereocenters. The molecule has 0 aliphatic heterocycles. The van der Waals surface area contributed by atoms with E-state index in [0.29, 0.717) is 47.6 Å². The summed E-state index contributed by atoms with van der Waals surface area (Å²) in [6.07, 6.45) is 4.86. The van der Waals surface area contributed by atoms with Gasteiger partial charge in [0, 0.05) is 34.1 Å². The van der Waals surface area contributed by atoms with Crippen molar-refractivity contribution in [1.29, 1.82) is 0 Å². The largest absolute Gasteiger partial charge is 0.477 e. The number of ether oxygens (including phenoxy) is 1. The summed E-state index contributed by atoms with van der Waals surface area (Å²) in [4.78, 5) is 15.4. The Hall–Kier alpha value is -2.25. The number of hydrogen-bond acceptors (Lipinski definition) is 5. The van der Waals surface area contributed by atoms with Crippen molar-refractivity contribution >= 4 is 23.2 Å². The summed E-state index contributed by atoms with van der Waals surface area (Å²) in [6, 6.07) is 4.64. The number of halogens is 1. The minimum atomic E-state index is -0.166. The van der Waals surface area contributed by atoms with E-state index in [4.69, 9.17) is 16.3 Å². The lowest BCUT2D eigenvalue weighted by Gasteiger charge is -2.36. The molecule has 182 valence electrons. The molecule has 33 heavy (non-hydrogen) atoms. The average Bonchev–Trinajstić information content (AvgIpc) is 3.13. The molecule has 1 aromatic carbocycles. The summed E-state index contributed by atoms with van der Waals surface area (Å²) in [6.45, 7) is 8.87. The van der Waals surface area contributed by atoms with E-state index in [-0.39, 0.29) is 5.91 Å². The second-order valence-electron chi connectivity index (χ2n) is 9.34. The summed E-state index contributed by atoms with van der Waals surface area (Å²) in [5.41, 5.74) is 4.13. The van der Waals surface area contributed by atoms with E-state index >= 15 is 0 Å². The molecule has 3 N–H and O–H groups in total. The molecule has 1 aromatic heterocycles. The van der Waals surface area contributed by atoms with Crippen molar-refractivity contribution in [3.8, 4) is 5.88 Å². The fourth-order valence-corrected chi connectivity index (χ4v) is 4.92. The molecule has 1 fully saturated rings. The van der Waals surface area contributed by atoms with Gasteiger partial charge in [-0.05, 0) is 91.1 Å². The van der Waals surface area contributed by atoms with Crippen molar-refractivity contribution in [2.45, 2.75) is 72.0 Å². The van der Waals surface area contributed by atoms with E-state index in [1.807, 2.05) is 26.8 Å². The first kappa shape index (κ1) is 25.4. The Morgan fingerprint density at radius 3 is 2.61 bits per heavy atom. The van der Waals surface area contributed by atoms with Crippen LogP contribution >= 0.6 is 11.6 Å². The first-order valence-electron chi connectivity index (χ1n) is 11.9. The minimum absolute atomic E-state index is 0.166. The van der Waals surface area contributed by atoms with Gasteiger partial charge in [-0.25, -0.2) is 0 Å². The van der Waals surface area contributed by atoms with Crippen LogP contribution < -0.4 is 15.4 Å². The van der Waals surface area contributed by atoms with Crippen LogP contribution in [0.2, 0.25) is 5.02 Å². The van der Waals surface area contributed by atoms with Gasteiger partial charge in [-0.2, -0.15) is 0 Å². The molecule has 8 heteroatoms. The van der Waals surface area contributed by atoms with Crippen LogP contribution in [0.25, 0.3) is 0 Å². The highest BCUT2D eigenvalue weighted by Gasteiger charge is 2.27. The predicted molar refractivity (Wildman–Crippen MR) is 134 cm³/mol. The van der Waals surface area contributed by atoms with Gasteiger partial charge in [-0.1, -0.05) is 11.6 Å². The third-order valence-electron chi connectivity index (χ3n) is 6.92. The molecule has 0 saturated heterocycles. The van der Waals surface area contributed by atoms with Crippen LogP contribution in [-0.4, -0.2) is 53.8 Å². The first-order valence-corrected chi connectivity index (χ1v) is 12.3. The third-order valence-corrected chi connectivity index (χ3v) is 7.14. The van der Waals surface area contributed by atoms with Gasteiger partial charge in [0.25, 0.3) is 5.91 Å². The smallest absolute Gasteiger partial charge is 0.251 e. The van der Waals surface area contributed by atoms with Crippen LogP contribution in [0.3, 0.4) is 0 Å². The maximum atomic E-state index is 13.1. The van der Waals surface area contributed by atoms with E-state index in [9.17, 15) is 4.79 Å². The second-order valence-corrected chi connectivity index (χ2v) is 9.78. The number of rotatable bonds is 9. The normalized spacial score (nSPS) is 19.4. The van der Waals surface area contributed by atoms with E-state index in [0.717, 1.165) is 22.5 Å². The summed E-state index contributed by atoms with van der Waals surface area (Å²) in [5, 5.41) is 14.3. The van der Waals surface area contributed by atoms with Crippen molar-refractivity contribution in [3.05, 3.63) is 39.5 Å². The molecule has 1 amide bonds. The zero-order chi connectivity index (χ0) is 24.1. The Kier molecular flexibility index (Phi) is 8.65. The molecule has 1 aliphatic carbocycles. The summed E-state index contributed by atoms with van der Waals surface area (Å²) in [5.74, 6) is 0.969. The van der Waals surface area contributed by atoms with Gasteiger partial charge < -0.3 is 20.3 Å². The summed E-state index contributed by atoms with van der Waals surface area (Å²) < 4.78 is 5.55. The van der Waals surface area contributed by atoms with Crippen LogP contribution in [0.4, 0.5) is 5.69 Å². The van der Waals surface area contributed by atoms with Crippen molar-refractivity contribution in [2.75, 3.05) is 26.0 Å². The highest BCUT2D eigenvalue weighted by atomic mass is 35.5. The van der Waals surface area contributed by atoms with Gasteiger partial charge in [0.2, 0.25) is 5.88 Å². The van der Waals surface area contributed by atoms with E-state index in [1.54, 1.807) is 6.07 Å². The molecule has 1 aliphatic rings. The van der Waals surface area contributed by atoms with E-state index in [1.165, 1.54) is 25.7 Å². The Balaban J connectivity index is 1.68. The number of hydrogen-bond donors (Lipinski definition) is 3. The minimum Gasteiger partial charge on any atom is -0.477 e. The topological polar surface area (TPSA) is 82.3 Å². The number of carbonyl (C=O) groups excluding carboxylic acids is 1. The fourth-order valence-electron chi connectivity index (χ4n) is 4.70. The van der Waals surface area contributed by atoms with E-state index < -0.39 is 0 Å². The maximum Gasteiger partial charge on any atom is 0.251 e. The van der Waals surface area contributed by atoms with Crippen LogP contribution in [0.1, 0.15) is 66.7 Å². The Morgan fingerprint density at radius 2 is 1.97 bits per heavy atom. The quantitative estimate of drug-likeness (QED) is 0.479. The molecular weight excluding hydrogens is 438 g/mol. The van der Waals surface area contributed by atoms with Gasteiger partial charge in [-0.3, -0.25) is 9.89 Å². The first-order chi connectivity index (χ1) is 15.7. The Morgan fingerprint density at radius 1 is 1.27 bits per heavy atom. The SMILES string of the molecule is CCOc1n[nH]c(C)c1CNC(=O)c1cc(Cl)cc(NC(C)C2CCC(N(C)C)CC2)c1C. The number of amides is 1. The fraction of sp³-hybridized carbons (Fsp3) is 0.600. The number of aromatic nitrogens is 2. The summed E-state index contributed by atoms with van der Waals surface area (Å²) in [7, 11) is 4.33. The number of aryl methyl sites for hydroxylation is 1. The number of benzene rings is 1. The van der Waals surface area contributed by atoms with Gasteiger partial charge >= 0.3 is 0 Å². The van der Waals surface area contributed by atoms with Crippen LogP contribution in [-0.2, 0) is 6.54 Å². The van der Waals surface area contributed by atoms with Gasteiger partial charge in [0.1, 0.15) is 0 Å². The molecule has 7 nitrogen and oxygen atoms in total. The van der Waals surface area contributed by atoms with Gasteiger partial charge in [-0.15, -0.1) is 5.10 Å². The van der Waals surface area contributed by atoms with Crippen molar-refractivity contribution in [2.24, 2.45) is 5.92 Å². The van der Waals surface area contributed by atoms with Crippen LogP contribution in [0, 0.1) is 19.8 Å². The second kappa shape index (κ2) is 11.3. The van der Waals surface area contributed by atoms with Crippen molar-refractivity contribution < 1.29 is 9.53 Å². The van der Waals surface area contributed by atoms with Crippen LogP contribution in [0.5, 0.6) is 5.88 Å². The maximum absolute atomic E-state index is 13.1.